The third-order valence-electron chi connectivity index (χ3n) is 10.4. The molecule has 0 heterocycles. The van der Waals surface area contributed by atoms with E-state index in [1.807, 2.05) is 0 Å². The van der Waals surface area contributed by atoms with Crippen LogP contribution in [0.5, 0.6) is 0 Å². The molecule has 0 radical (unpaired) electrons. The normalized spacial score (nSPS) is 10.9. The molecule has 0 aromatic heterocycles. The zero-order valence-electron chi connectivity index (χ0n) is 31.9. The third-order valence-corrected chi connectivity index (χ3v) is 10.4. The van der Waals surface area contributed by atoms with Crippen LogP contribution < -0.4 is 14.7 Å². The Morgan fingerprint density at radius 1 is 0.218 bits per heavy atom. The molecule has 0 fully saturated rings. The van der Waals surface area contributed by atoms with Gasteiger partial charge in [-0.25, -0.2) is 0 Å². The van der Waals surface area contributed by atoms with Crippen LogP contribution in [0.15, 0.2) is 200 Å². The Labute approximate surface area is 326 Å². The van der Waals surface area contributed by atoms with Crippen LogP contribution in [0.4, 0.5) is 51.2 Å². The molecule has 0 unspecified atom stereocenters. The summed E-state index contributed by atoms with van der Waals surface area (Å²) in [5, 5.41) is 0. The molecule has 8 aromatic carbocycles. The molecule has 0 atom stereocenters. The Kier molecular flexibility index (Phi) is 10.0. The average molecular weight is 712 g/mol. The van der Waals surface area contributed by atoms with E-state index in [1.165, 1.54) is 56.1 Å². The first-order valence-corrected chi connectivity index (χ1v) is 18.9. The number of rotatable bonds is 10. The molecule has 0 saturated heterocycles. The van der Waals surface area contributed by atoms with Crippen LogP contribution in [0, 0.1) is 27.7 Å². The van der Waals surface area contributed by atoms with Gasteiger partial charge in [-0.15, -0.1) is 0 Å². The Morgan fingerprint density at radius 2 is 0.455 bits per heavy atom. The van der Waals surface area contributed by atoms with Gasteiger partial charge in [0.1, 0.15) is 0 Å². The van der Waals surface area contributed by atoms with E-state index in [-0.39, 0.29) is 0 Å². The van der Waals surface area contributed by atoms with Gasteiger partial charge >= 0.3 is 0 Å². The number of anilines is 9. The lowest BCUT2D eigenvalue weighted by atomic mass is 10.0. The fourth-order valence-electron chi connectivity index (χ4n) is 7.46. The zero-order chi connectivity index (χ0) is 37.7. The highest BCUT2D eigenvalue weighted by Crippen LogP contribution is 2.43. The second-order valence-corrected chi connectivity index (χ2v) is 14.1. The van der Waals surface area contributed by atoms with Crippen LogP contribution in [0.1, 0.15) is 22.3 Å². The molecule has 268 valence electrons. The van der Waals surface area contributed by atoms with Gasteiger partial charge in [-0.05, 0) is 146 Å². The fourth-order valence-corrected chi connectivity index (χ4v) is 7.46. The number of hydrogen-bond acceptors (Lipinski definition) is 3. The minimum atomic E-state index is 1.08. The molecule has 0 N–H and O–H groups in total. The summed E-state index contributed by atoms with van der Waals surface area (Å²) >= 11 is 0. The van der Waals surface area contributed by atoms with Crippen molar-refractivity contribution in [2.24, 2.45) is 0 Å². The Balaban J connectivity index is 1.22. The van der Waals surface area contributed by atoms with Gasteiger partial charge < -0.3 is 14.7 Å². The summed E-state index contributed by atoms with van der Waals surface area (Å²) in [5.74, 6) is 0. The van der Waals surface area contributed by atoms with Gasteiger partial charge in [0.05, 0.1) is 0 Å². The maximum Gasteiger partial charge on any atom is 0.0490 e. The SMILES string of the molecule is Cc1ccccc1N(c1ccc(N(c2ccc(-c3ccccc3)cc2)c2ccc(N(c3ccccc3C)c3ccccc3C)cc2)cc1)c1ccccc1C. The average Bonchev–Trinajstić information content (AvgIpc) is 3.23. The van der Waals surface area contributed by atoms with Crippen molar-refractivity contribution in [2.45, 2.75) is 27.7 Å². The summed E-state index contributed by atoms with van der Waals surface area (Å²) in [5.41, 5.74) is 17.4. The standard InChI is InChI=1S/C52H45N3/c1-38-16-8-12-22-49(38)54(50-23-13-9-17-39(50)2)47-34-30-45(31-35-47)53(44-28-26-43(27-29-44)42-20-6-5-7-21-42)46-32-36-48(37-33-46)55(51-24-14-10-18-40(51)3)52-25-15-11-19-41(52)4/h5-37H,1-4H3. The number of hydrogen-bond donors (Lipinski definition) is 0. The molecule has 0 amide bonds. The summed E-state index contributed by atoms with van der Waals surface area (Å²) in [7, 11) is 0. The van der Waals surface area contributed by atoms with Crippen molar-refractivity contribution in [3.8, 4) is 11.1 Å². The van der Waals surface area contributed by atoms with Crippen molar-refractivity contribution in [1.29, 1.82) is 0 Å². The van der Waals surface area contributed by atoms with Crippen LogP contribution in [-0.4, -0.2) is 0 Å². The van der Waals surface area contributed by atoms with E-state index in [2.05, 4.69) is 243 Å². The second-order valence-electron chi connectivity index (χ2n) is 14.1. The highest BCUT2D eigenvalue weighted by Gasteiger charge is 2.20. The maximum atomic E-state index is 2.37. The molecule has 8 aromatic rings. The quantitative estimate of drug-likeness (QED) is 0.140. The lowest BCUT2D eigenvalue weighted by Gasteiger charge is -2.31. The van der Waals surface area contributed by atoms with Crippen molar-refractivity contribution in [1.82, 2.24) is 0 Å². The van der Waals surface area contributed by atoms with Crippen LogP contribution in [0.3, 0.4) is 0 Å². The molecule has 3 heteroatoms. The van der Waals surface area contributed by atoms with Crippen LogP contribution in [0.25, 0.3) is 11.1 Å². The summed E-state index contributed by atoms with van der Waals surface area (Å²) < 4.78 is 0. The number of benzene rings is 8. The Bertz CT molecular complexity index is 2290. The minimum Gasteiger partial charge on any atom is -0.311 e. The number of nitrogens with zero attached hydrogens (tertiary/aromatic N) is 3. The van der Waals surface area contributed by atoms with Crippen molar-refractivity contribution >= 4 is 51.2 Å². The molecule has 0 bridgehead atoms. The third kappa shape index (κ3) is 7.25. The van der Waals surface area contributed by atoms with Crippen molar-refractivity contribution < 1.29 is 0 Å². The topological polar surface area (TPSA) is 9.72 Å². The summed E-state index contributed by atoms with van der Waals surface area (Å²) in [6.07, 6.45) is 0. The van der Waals surface area contributed by atoms with Crippen molar-refractivity contribution in [3.05, 3.63) is 222 Å². The molecular formula is C52H45N3. The zero-order valence-corrected chi connectivity index (χ0v) is 31.9. The first-order valence-electron chi connectivity index (χ1n) is 18.9. The largest absolute Gasteiger partial charge is 0.311 e. The molecule has 0 saturated carbocycles. The van der Waals surface area contributed by atoms with Gasteiger partial charge in [0, 0.05) is 51.2 Å². The predicted molar refractivity (Wildman–Crippen MR) is 235 cm³/mol. The van der Waals surface area contributed by atoms with E-state index in [4.69, 9.17) is 0 Å². The number of aryl methyl sites for hydroxylation is 4. The highest BCUT2D eigenvalue weighted by atomic mass is 15.2. The van der Waals surface area contributed by atoms with Crippen molar-refractivity contribution in [3.63, 3.8) is 0 Å². The molecule has 3 nitrogen and oxygen atoms in total. The molecule has 8 rings (SSSR count). The molecule has 0 aliphatic rings. The first kappa shape index (κ1) is 35.2. The Morgan fingerprint density at radius 3 is 0.764 bits per heavy atom. The van der Waals surface area contributed by atoms with Gasteiger partial charge in [-0.1, -0.05) is 115 Å². The van der Waals surface area contributed by atoms with Crippen LogP contribution in [0.2, 0.25) is 0 Å². The summed E-state index contributed by atoms with van der Waals surface area (Å²) in [6, 6.07) is 71.8. The molecule has 55 heavy (non-hydrogen) atoms. The first-order chi connectivity index (χ1) is 27.0. The predicted octanol–water partition coefficient (Wildman–Crippen LogP) is 15.0. The van der Waals surface area contributed by atoms with E-state index >= 15 is 0 Å². The highest BCUT2D eigenvalue weighted by molar-refractivity contribution is 5.85. The minimum absolute atomic E-state index is 1.08. The Hall–Kier alpha value is -6.84. The second kappa shape index (κ2) is 15.6. The van der Waals surface area contributed by atoms with E-state index in [9.17, 15) is 0 Å². The molecule has 0 aliphatic carbocycles. The molecular weight excluding hydrogens is 667 g/mol. The van der Waals surface area contributed by atoms with Gasteiger partial charge in [-0.3, -0.25) is 0 Å². The van der Waals surface area contributed by atoms with Gasteiger partial charge in [0.25, 0.3) is 0 Å². The van der Waals surface area contributed by atoms with Crippen LogP contribution >= 0.6 is 0 Å². The van der Waals surface area contributed by atoms with E-state index in [1.54, 1.807) is 0 Å². The lowest BCUT2D eigenvalue weighted by molar-refractivity contribution is 1.21. The lowest BCUT2D eigenvalue weighted by Crippen LogP contribution is -2.14. The monoisotopic (exact) mass is 711 g/mol. The number of para-hydroxylation sites is 4. The molecule has 0 spiro atoms. The van der Waals surface area contributed by atoms with E-state index in [0.717, 1.165) is 28.4 Å². The fraction of sp³-hybridized carbons (Fsp3) is 0.0769. The van der Waals surface area contributed by atoms with Crippen molar-refractivity contribution in [2.75, 3.05) is 14.7 Å². The van der Waals surface area contributed by atoms with Gasteiger partial charge in [0.2, 0.25) is 0 Å². The van der Waals surface area contributed by atoms with Gasteiger partial charge in [0.15, 0.2) is 0 Å². The smallest absolute Gasteiger partial charge is 0.0490 e. The summed E-state index contributed by atoms with van der Waals surface area (Å²) in [6.45, 7) is 8.72. The summed E-state index contributed by atoms with van der Waals surface area (Å²) in [4.78, 5) is 7.09. The van der Waals surface area contributed by atoms with E-state index < -0.39 is 0 Å². The maximum absolute atomic E-state index is 2.37. The molecule has 0 aliphatic heterocycles. The van der Waals surface area contributed by atoms with Crippen LogP contribution in [-0.2, 0) is 0 Å². The van der Waals surface area contributed by atoms with E-state index in [0.29, 0.717) is 0 Å². The van der Waals surface area contributed by atoms with Gasteiger partial charge in [-0.2, -0.15) is 0 Å².